The second-order valence-corrected chi connectivity index (χ2v) is 6.25. The highest BCUT2D eigenvalue weighted by Crippen LogP contribution is 2.33. The molecule has 0 aliphatic carbocycles. The van der Waals surface area contributed by atoms with Gasteiger partial charge in [0, 0.05) is 31.8 Å². The summed E-state index contributed by atoms with van der Waals surface area (Å²) in [4.78, 5) is 26.3. The lowest BCUT2D eigenvalue weighted by Crippen LogP contribution is -2.47. The number of carbonyl (C=O) groups is 2. The summed E-state index contributed by atoms with van der Waals surface area (Å²) < 4.78 is 20.7. The van der Waals surface area contributed by atoms with Gasteiger partial charge in [-0.15, -0.1) is 0 Å². The molecule has 1 N–H and O–H groups in total. The van der Waals surface area contributed by atoms with Crippen LogP contribution in [0.15, 0.2) is 18.2 Å². The molecule has 2 heterocycles. The third-order valence-electron chi connectivity index (χ3n) is 4.43. The Morgan fingerprint density at radius 2 is 1.96 bits per heavy atom. The molecule has 1 aromatic carbocycles. The Labute approximate surface area is 152 Å². The first kappa shape index (κ1) is 18.5. The van der Waals surface area contributed by atoms with Crippen molar-refractivity contribution in [2.24, 2.45) is 0 Å². The second-order valence-electron chi connectivity index (χ2n) is 6.25. The van der Waals surface area contributed by atoms with E-state index in [1.165, 1.54) is 0 Å². The summed E-state index contributed by atoms with van der Waals surface area (Å²) in [6.07, 6.45) is 1.44. The number of piperidine rings is 1. The Balaban J connectivity index is 1.43. The maximum atomic E-state index is 12.6. The zero-order valence-corrected chi connectivity index (χ0v) is 14.9. The Kier molecular flexibility index (Phi) is 6.30. The lowest BCUT2D eigenvalue weighted by Gasteiger charge is -2.32. The van der Waals surface area contributed by atoms with Crippen molar-refractivity contribution in [1.29, 1.82) is 0 Å². The number of fused-ring (bicyclic) bond motifs is 1. The summed E-state index contributed by atoms with van der Waals surface area (Å²) >= 11 is 0. The summed E-state index contributed by atoms with van der Waals surface area (Å²) in [7, 11) is 1.59. The minimum Gasteiger partial charge on any atom is -0.454 e. The van der Waals surface area contributed by atoms with Gasteiger partial charge in [0.25, 0.3) is 5.91 Å². The van der Waals surface area contributed by atoms with Crippen molar-refractivity contribution in [2.45, 2.75) is 18.9 Å². The molecule has 0 aromatic heterocycles. The number of nitrogens with zero attached hydrogens (tertiary/aromatic N) is 1. The minimum atomic E-state index is -0.137. The molecule has 1 saturated heterocycles. The molecule has 2 aliphatic rings. The number of benzene rings is 1. The van der Waals surface area contributed by atoms with Gasteiger partial charge in [-0.25, -0.2) is 0 Å². The van der Waals surface area contributed by atoms with Crippen molar-refractivity contribution in [3.63, 3.8) is 0 Å². The number of hydrogen-bond acceptors (Lipinski definition) is 6. The van der Waals surface area contributed by atoms with E-state index in [4.69, 9.17) is 18.9 Å². The van der Waals surface area contributed by atoms with E-state index >= 15 is 0 Å². The first-order chi connectivity index (χ1) is 12.7. The van der Waals surface area contributed by atoms with Crippen LogP contribution in [0.4, 0.5) is 0 Å². The topological polar surface area (TPSA) is 86.3 Å². The van der Waals surface area contributed by atoms with Crippen LogP contribution in [0.3, 0.4) is 0 Å². The number of ether oxygens (including phenoxy) is 4. The van der Waals surface area contributed by atoms with E-state index in [0.717, 1.165) is 12.8 Å². The number of rotatable bonds is 7. The number of methoxy groups -OCH3 is 1. The summed E-state index contributed by atoms with van der Waals surface area (Å²) in [6, 6.07) is 5.29. The van der Waals surface area contributed by atoms with Gasteiger partial charge >= 0.3 is 0 Å². The summed E-state index contributed by atoms with van der Waals surface area (Å²) in [5.41, 5.74) is 0.586. The van der Waals surface area contributed by atoms with Crippen LogP contribution in [0.1, 0.15) is 23.2 Å². The smallest absolute Gasteiger partial charge is 0.253 e. The Morgan fingerprint density at radius 1 is 1.19 bits per heavy atom. The Morgan fingerprint density at radius 3 is 2.73 bits per heavy atom. The molecule has 0 spiro atoms. The van der Waals surface area contributed by atoms with E-state index in [2.05, 4.69) is 5.32 Å². The largest absolute Gasteiger partial charge is 0.454 e. The molecule has 2 aliphatic heterocycles. The van der Waals surface area contributed by atoms with Gasteiger partial charge in [-0.05, 0) is 31.0 Å². The fourth-order valence-electron chi connectivity index (χ4n) is 3.02. The van der Waals surface area contributed by atoms with Crippen molar-refractivity contribution in [1.82, 2.24) is 10.2 Å². The fraction of sp³-hybridized carbons (Fsp3) is 0.556. The molecule has 0 radical (unpaired) electrons. The number of hydrogen-bond donors (Lipinski definition) is 1. The molecule has 0 unspecified atom stereocenters. The van der Waals surface area contributed by atoms with Crippen LogP contribution in [0, 0.1) is 0 Å². The summed E-state index contributed by atoms with van der Waals surface area (Å²) in [5.74, 6) is 1.10. The average Bonchev–Trinajstić information content (AvgIpc) is 3.13. The second kappa shape index (κ2) is 8.86. The molecule has 1 aromatic rings. The normalized spacial score (nSPS) is 16.6. The number of nitrogens with one attached hydrogen (secondary N) is 1. The molecule has 142 valence electrons. The van der Waals surface area contributed by atoms with E-state index in [1.54, 1.807) is 30.2 Å². The van der Waals surface area contributed by atoms with Gasteiger partial charge in [0.15, 0.2) is 11.5 Å². The third-order valence-corrected chi connectivity index (χ3v) is 4.43. The van der Waals surface area contributed by atoms with Crippen LogP contribution in [0.25, 0.3) is 0 Å². The molecule has 0 atom stereocenters. The van der Waals surface area contributed by atoms with Gasteiger partial charge in [-0.1, -0.05) is 0 Å². The molecular formula is C18H24N2O6. The molecule has 0 saturated carbocycles. The molecular weight excluding hydrogens is 340 g/mol. The SMILES string of the molecule is COCCOCC(=O)NC1CCN(C(=O)c2ccc3c(c2)OCO3)CC1. The number of likely N-dealkylation sites (tertiary alicyclic amines) is 1. The Bertz CT molecular complexity index is 643. The highest BCUT2D eigenvalue weighted by Gasteiger charge is 2.26. The minimum absolute atomic E-state index is 0.0275. The van der Waals surface area contributed by atoms with Crippen molar-refractivity contribution in [3.8, 4) is 11.5 Å². The predicted molar refractivity (Wildman–Crippen MR) is 92.3 cm³/mol. The Hall–Kier alpha value is -2.32. The zero-order valence-electron chi connectivity index (χ0n) is 14.9. The standard InChI is InChI=1S/C18H24N2O6/c1-23-8-9-24-11-17(21)19-14-4-6-20(7-5-14)18(22)13-2-3-15-16(10-13)26-12-25-15/h2-3,10,14H,4-9,11-12H2,1H3,(H,19,21). The molecule has 26 heavy (non-hydrogen) atoms. The van der Waals surface area contributed by atoms with E-state index in [9.17, 15) is 9.59 Å². The van der Waals surface area contributed by atoms with E-state index in [-0.39, 0.29) is 31.3 Å². The van der Waals surface area contributed by atoms with E-state index < -0.39 is 0 Å². The van der Waals surface area contributed by atoms with Crippen LogP contribution in [-0.4, -0.2) is 69.6 Å². The highest BCUT2D eigenvalue weighted by atomic mass is 16.7. The van der Waals surface area contributed by atoms with Crippen molar-refractivity contribution in [3.05, 3.63) is 23.8 Å². The molecule has 3 rings (SSSR count). The lowest BCUT2D eigenvalue weighted by molar-refractivity contribution is -0.127. The third kappa shape index (κ3) is 4.64. The van der Waals surface area contributed by atoms with Crippen molar-refractivity contribution >= 4 is 11.8 Å². The predicted octanol–water partition coefficient (Wildman–Crippen LogP) is 0.799. The molecule has 2 amide bonds. The molecule has 1 fully saturated rings. The number of amides is 2. The number of carbonyl (C=O) groups excluding carboxylic acids is 2. The average molecular weight is 364 g/mol. The molecule has 8 nitrogen and oxygen atoms in total. The van der Waals surface area contributed by atoms with Gasteiger partial charge in [0.1, 0.15) is 6.61 Å². The fourth-order valence-corrected chi connectivity index (χ4v) is 3.02. The monoisotopic (exact) mass is 364 g/mol. The maximum absolute atomic E-state index is 12.6. The van der Waals surface area contributed by atoms with Gasteiger partial charge < -0.3 is 29.2 Å². The molecule has 8 heteroatoms. The van der Waals surface area contributed by atoms with Crippen molar-refractivity contribution in [2.75, 3.05) is 46.8 Å². The van der Waals surface area contributed by atoms with E-state index in [0.29, 0.717) is 43.4 Å². The van der Waals surface area contributed by atoms with Gasteiger partial charge in [-0.2, -0.15) is 0 Å². The summed E-state index contributed by atoms with van der Waals surface area (Å²) in [6.45, 7) is 2.28. The van der Waals surface area contributed by atoms with Crippen LogP contribution in [-0.2, 0) is 14.3 Å². The van der Waals surface area contributed by atoms with Gasteiger partial charge in [-0.3, -0.25) is 9.59 Å². The quantitative estimate of drug-likeness (QED) is 0.720. The summed E-state index contributed by atoms with van der Waals surface area (Å²) in [5, 5.41) is 2.95. The van der Waals surface area contributed by atoms with Crippen LogP contribution in [0.5, 0.6) is 11.5 Å². The van der Waals surface area contributed by atoms with Crippen LogP contribution in [0.2, 0.25) is 0 Å². The maximum Gasteiger partial charge on any atom is 0.253 e. The molecule has 0 bridgehead atoms. The van der Waals surface area contributed by atoms with Gasteiger partial charge in [0.05, 0.1) is 13.2 Å². The van der Waals surface area contributed by atoms with Crippen LogP contribution < -0.4 is 14.8 Å². The van der Waals surface area contributed by atoms with Gasteiger partial charge in [0.2, 0.25) is 12.7 Å². The highest BCUT2D eigenvalue weighted by molar-refractivity contribution is 5.95. The lowest BCUT2D eigenvalue weighted by atomic mass is 10.0. The van der Waals surface area contributed by atoms with Crippen LogP contribution >= 0.6 is 0 Å². The zero-order chi connectivity index (χ0) is 18.4. The first-order valence-electron chi connectivity index (χ1n) is 8.72. The van der Waals surface area contributed by atoms with Crippen molar-refractivity contribution < 1.29 is 28.5 Å². The van der Waals surface area contributed by atoms with E-state index in [1.807, 2.05) is 0 Å². The first-order valence-corrected chi connectivity index (χ1v) is 8.72.